The van der Waals surface area contributed by atoms with E-state index in [1.807, 2.05) is 7.05 Å². The second-order valence-electron chi connectivity index (χ2n) is 13.0. The molecule has 7 atom stereocenters. The Morgan fingerprint density at radius 3 is 2.07 bits per heavy atom. The lowest BCUT2D eigenvalue weighted by atomic mass is 9.50. The van der Waals surface area contributed by atoms with E-state index in [9.17, 15) is 52.5 Å². The number of aromatic hydroxyl groups is 1. The molecule has 1 spiro atoms. The summed E-state index contributed by atoms with van der Waals surface area (Å²) in [6, 6.07) is 10.4. The summed E-state index contributed by atoms with van der Waals surface area (Å²) in [6.45, 7) is 2.44. The number of phenols is 1. The zero-order valence-corrected chi connectivity index (χ0v) is 28.7. The maximum atomic E-state index is 13.8. The lowest BCUT2D eigenvalue weighted by Gasteiger charge is -2.61. The zero-order valence-electron chi connectivity index (χ0n) is 28.7. The van der Waals surface area contributed by atoms with Crippen LogP contribution in [0.1, 0.15) is 49.5 Å². The predicted molar refractivity (Wildman–Crippen MR) is 170 cm³/mol. The van der Waals surface area contributed by atoms with E-state index in [0.29, 0.717) is 24.9 Å². The standard InChI is InChI=1S/C33H33NO13.C2HF3O2/c1-16(35)43-26(27(44-17(2)36)31(41)47-24(29(38)39)18-7-5-4-6-8-18)30(40)45-21-11-12-33(42)22-15-19-9-10-20(37)25-23(19)32(33,28(21)46-25)13-14-34(22)3;3-2(4,5)1(6)7/h4-11,22,24,26-28,37,42H,12-15H2,1-3H3,(H,38,39);(H,6,7)/t22-,24+,26-,27-,28+,32+,33-;/m1./s1. The summed E-state index contributed by atoms with van der Waals surface area (Å²) in [4.78, 5) is 74.4. The molecular weight excluding hydrogens is 731 g/mol. The van der Waals surface area contributed by atoms with Gasteiger partial charge in [-0.3, -0.25) is 9.59 Å². The fourth-order valence-corrected chi connectivity index (χ4v) is 7.51. The fraction of sp³-hybridized carbons (Fsp3) is 0.429. The monoisotopic (exact) mass is 765 g/mol. The van der Waals surface area contributed by atoms with Crippen LogP contribution in [0.15, 0.2) is 54.3 Å². The molecule has 0 aromatic heterocycles. The Morgan fingerprint density at radius 2 is 1.52 bits per heavy atom. The van der Waals surface area contributed by atoms with Crippen molar-refractivity contribution in [2.24, 2.45) is 0 Å². The highest BCUT2D eigenvalue weighted by molar-refractivity contribution is 5.90. The number of aliphatic hydroxyl groups is 1. The summed E-state index contributed by atoms with van der Waals surface area (Å²) in [7, 11) is 1.91. The molecule has 2 aliphatic heterocycles. The topological polar surface area (TPSA) is 233 Å². The van der Waals surface area contributed by atoms with E-state index >= 15 is 0 Å². The first-order valence-corrected chi connectivity index (χ1v) is 16.2. The van der Waals surface area contributed by atoms with Crippen molar-refractivity contribution in [2.45, 2.75) is 80.8 Å². The van der Waals surface area contributed by atoms with Gasteiger partial charge in [0.15, 0.2) is 17.6 Å². The van der Waals surface area contributed by atoms with Gasteiger partial charge in [-0.25, -0.2) is 19.2 Å². The average molecular weight is 766 g/mol. The van der Waals surface area contributed by atoms with Crippen LogP contribution in [0.3, 0.4) is 0 Å². The van der Waals surface area contributed by atoms with Crippen molar-refractivity contribution in [2.75, 3.05) is 13.6 Å². The van der Waals surface area contributed by atoms with Crippen LogP contribution < -0.4 is 4.74 Å². The number of rotatable bonds is 9. The number of hydrogen-bond donors (Lipinski definition) is 4. The van der Waals surface area contributed by atoms with Gasteiger partial charge >= 0.3 is 42.0 Å². The zero-order chi connectivity index (χ0) is 39.9. The van der Waals surface area contributed by atoms with Gasteiger partial charge in [0.1, 0.15) is 5.76 Å². The number of ether oxygens (including phenoxy) is 5. The van der Waals surface area contributed by atoms with Crippen LogP contribution in [-0.2, 0) is 59.6 Å². The van der Waals surface area contributed by atoms with Gasteiger partial charge in [0.25, 0.3) is 0 Å². The minimum Gasteiger partial charge on any atom is -0.504 e. The van der Waals surface area contributed by atoms with E-state index in [0.717, 1.165) is 19.4 Å². The minimum absolute atomic E-state index is 0.0318. The van der Waals surface area contributed by atoms with Gasteiger partial charge in [0, 0.05) is 37.4 Å². The molecular formula is C35H34F3NO15. The molecule has 6 rings (SSSR count). The molecule has 0 radical (unpaired) electrons. The first-order chi connectivity index (χ1) is 25.2. The smallest absolute Gasteiger partial charge is 0.490 e. The molecule has 54 heavy (non-hydrogen) atoms. The van der Waals surface area contributed by atoms with Crippen LogP contribution in [0, 0.1) is 0 Å². The van der Waals surface area contributed by atoms with Crippen molar-refractivity contribution in [3.63, 3.8) is 0 Å². The number of piperidine rings is 1. The maximum Gasteiger partial charge on any atom is 0.490 e. The Hall–Kier alpha value is -5.69. The van der Waals surface area contributed by atoms with Crippen molar-refractivity contribution < 1.29 is 86.0 Å². The lowest BCUT2D eigenvalue weighted by molar-refractivity contribution is -0.195. The molecule has 2 aromatic carbocycles. The van der Waals surface area contributed by atoms with Gasteiger partial charge in [-0.05, 0) is 44.1 Å². The maximum absolute atomic E-state index is 13.8. The number of likely N-dealkylation sites (tertiary alicyclic amines) is 1. The highest BCUT2D eigenvalue weighted by Gasteiger charge is 2.72. The van der Waals surface area contributed by atoms with Crippen LogP contribution in [0.25, 0.3) is 0 Å². The number of aliphatic carboxylic acids is 2. The summed E-state index contributed by atoms with van der Waals surface area (Å²) in [6.07, 6.45) is -10.1. The second-order valence-corrected chi connectivity index (χ2v) is 13.0. The summed E-state index contributed by atoms with van der Waals surface area (Å²) < 4.78 is 59.1. The van der Waals surface area contributed by atoms with Gasteiger partial charge in [-0.2, -0.15) is 13.2 Å². The van der Waals surface area contributed by atoms with Crippen molar-refractivity contribution in [3.05, 3.63) is 71.0 Å². The number of hydrogen-bond acceptors (Lipinski definition) is 14. The number of carboxylic acids is 2. The third kappa shape index (κ3) is 7.03. The van der Waals surface area contributed by atoms with Crippen molar-refractivity contribution in [3.8, 4) is 11.5 Å². The van der Waals surface area contributed by atoms with Crippen LogP contribution in [0.2, 0.25) is 0 Å². The van der Waals surface area contributed by atoms with Gasteiger partial charge < -0.3 is 49.0 Å². The highest BCUT2D eigenvalue weighted by Crippen LogP contribution is 2.65. The molecule has 0 amide bonds. The third-order valence-electron chi connectivity index (χ3n) is 9.70. The third-order valence-corrected chi connectivity index (χ3v) is 9.70. The molecule has 1 saturated heterocycles. The molecule has 19 heteroatoms. The molecule has 0 unspecified atom stereocenters. The summed E-state index contributed by atoms with van der Waals surface area (Å²) in [5, 5.41) is 40.0. The number of esters is 4. The molecule has 1 fully saturated rings. The van der Waals surface area contributed by atoms with Crippen molar-refractivity contribution >= 4 is 35.8 Å². The number of benzene rings is 2. The van der Waals surface area contributed by atoms with E-state index in [1.54, 1.807) is 12.1 Å². The van der Waals surface area contributed by atoms with Gasteiger partial charge in [0.2, 0.25) is 18.3 Å². The average Bonchev–Trinajstić information content (AvgIpc) is 3.45. The summed E-state index contributed by atoms with van der Waals surface area (Å²) in [5.74, 6) is -9.34. The molecule has 2 heterocycles. The van der Waals surface area contributed by atoms with Crippen molar-refractivity contribution in [1.82, 2.24) is 4.90 Å². The normalized spacial score (nSPS) is 25.1. The van der Waals surface area contributed by atoms with Crippen LogP contribution in [0.5, 0.6) is 11.5 Å². The van der Waals surface area contributed by atoms with Crippen LogP contribution in [0.4, 0.5) is 13.2 Å². The SMILES string of the molecule is CC(=O)O[C@@H](C(=O)OC1=CC[C@@]2(O)[C@H]3Cc4ccc(O)c5c4[C@@]2(CCN3C)[C@H]1O5)[C@@H](OC(C)=O)C(=O)O[C@H](C(=O)O)c1ccccc1.O=C(O)C(F)(F)F. The number of nitrogens with zero attached hydrogens (tertiary/aromatic N) is 1. The summed E-state index contributed by atoms with van der Waals surface area (Å²) >= 11 is 0. The number of carbonyl (C=O) groups is 6. The Kier molecular flexibility index (Phi) is 10.7. The molecule has 2 bridgehead atoms. The van der Waals surface area contributed by atoms with E-state index in [4.69, 9.17) is 33.6 Å². The first kappa shape index (κ1) is 39.5. The van der Waals surface area contributed by atoms with Crippen LogP contribution >= 0.6 is 0 Å². The highest BCUT2D eigenvalue weighted by atomic mass is 19.4. The van der Waals surface area contributed by atoms with E-state index < -0.39 is 77.4 Å². The number of halogens is 3. The lowest BCUT2D eigenvalue weighted by Crippen LogP contribution is -2.74. The Bertz CT molecular complexity index is 1900. The molecule has 4 aliphatic rings. The first-order valence-electron chi connectivity index (χ1n) is 16.2. The Morgan fingerprint density at radius 1 is 0.926 bits per heavy atom. The van der Waals surface area contributed by atoms with Gasteiger partial charge in [-0.1, -0.05) is 36.4 Å². The molecule has 16 nitrogen and oxygen atoms in total. The number of likely N-dealkylation sites (N-methyl/N-ethyl adjacent to an activating group) is 1. The van der Waals surface area contributed by atoms with Gasteiger partial charge in [0.05, 0.1) is 11.0 Å². The van der Waals surface area contributed by atoms with E-state index in [2.05, 4.69) is 4.90 Å². The fourth-order valence-electron chi connectivity index (χ4n) is 7.51. The largest absolute Gasteiger partial charge is 0.504 e. The quantitative estimate of drug-likeness (QED) is 0.211. The molecule has 290 valence electrons. The van der Waals surface area contributed by atoms with E-state index in [-0.39, 0.29) is 35.3 Å². The van der Waals surface area contributed by atoms with Crippen LogP contribution in [-0.4, -0.2) is 111 Å². The van der Waals surface area contributed by atoms with E-state index in [1.165, 1.54) is 36.4 Å². The number of phenolic OH excluding ortho intramolecular Hbond substituents is 1. The number of carboxylic acid groups (broad SMARTS) is 2. The molecule has 0 saturated carbocycles. The van der Waals surface area contributed by atoms with Gasteiger partial charge in [-0.15, -0.1) is 0 Å². The Labute approximate surface area is 303 Å². The number of alkyl halides is 3. The predicted octanol–water partition coefficient (Wildman–Crippen LogP) is 2.08. The Balaban J connectivity index is 0.000000730. The second kappa shape index (κ2) is 14.6. The van der Waals surface area contributed by atoms with Crippen molar-refractivity contribution in [1.29, 1.82) is 0 Å². The number of carbonyl (C=O) groups excluding carboxylic acids is 4. The molecule has 2 aromatic rings. The molecule has 4 N–H and O–H groups in total. The summed E-state index contributed by atoms with van der Waals surface area (Å²) in [5.41, 5.74) is -0.906. The molecule has 2 aliphatic carbocycles. The minimum atomic E-state index is -5.08.